The van der Waals surface area contributed by atoms with Crippen molar-refractivity contribution in [1.29, 1.82) is 0 Å². The Balaban J connectivity index is 1.96. The molecule has 0 fully saturated rings. The van der Waals surface area contributed by atoms with Gasteiger partial charge in [0.1, 0.15) is 5.51 Å². The molecule has 2 rings (SSSR count). The zero-order valence-electron chi connectivity index (χ0n) is 8.63. The fourth-order valence-electron chi connectivity index (χ4n) is 1.12. The van der Waals surface area contributed by atoms with Gasteiger partial charge in [-0.05, 0) is 23.8 Å². The first-order valence-corrected chi connectivity index (χ1v) is 6.00. The van der Waals surface area contributed by atoms with Crippen LogP contribution in [0.5, 0.6) is 0 Å². The monoisotopic (exact) mass is 265 g/mol. The summed E-state index contributed by atoms with van der Waals surface area (Å²) in [6.07, 6.45) is 3.14. The maximum atomic E-state index is 11.5. The van der Waals surface area contributed by atoms with Crippen LogP contribution in [-0.4, -0.2) is 16.1 Å². The summed E-state index contributed by atoms with van der Waals surface area (Å²) >= 11 is 7.02. The number of hydrogen-bond donors (Lipinski definition) is 1. The van der Waals surface area contributed by atoms with E-state index < -0.39 is 0 Å². The molecule has 0 aliphatic heterocycles. The molecule has 0 aliphatic carbocycles. The Morgan fingerprint density at radius 2 is 2.12 bits per heavy atom. The third-order valence-electron chi connectivity index (χ3n) is 1.89. The average molecular weight is 266 g/mol. The van der Waals surface area contributed by atoms with Gasteiger partial charge < -0.3 is 0 Å². The molecule has 0 atom stereocenters. The molecule has 0 aliphatic rings. The van der Waals surface area contributed by atoms with E-state index in [1.807, 2.05) is 12.1 Å². The Kier molecular flexibility index (Phi) is 3.85. The zero-order chi connectivity index (χ0) is 12.1. The van der Waals surface area contributed by atoms with Crippen LogP contribution in [0.2, 0.25) is 5.02 Å². The van der Waals surface area contributed by atoms with Gasteiger partial charge in [0, 0.05) is 11.1 Å². The van der Waals surface area contributed by atoms with E-state index >= 15 is 0 Å². The molecule has 1 aromatic heterocycles. The maximum absolute atomic E-state index is 11.5. The number of carbonyl (C=O) groups is 1. The number of nitrogens with zero attached hydrogens (tertiary/aromatic N) is 2. The molecule has 0 saturated heterocycles. The zero-order valence-corrected chi connectivity index (χ0v) is 10.2. The van der Waals surface area contributed by atoms with Gasteiger partial charge in [0.15, 0.2) is 0 Å². The van der Waals surface area contributed by atoms with Crippen LogP contribution < -0.4 is 5.32 Å². The van der Waals surface area contributed by atoms with Crippen molar-refractivity contribution in [2.75, 3.05) is 5.32 Å². The molecule has 0 unspecified atom stereocenters. The summed E-state index contributed by atoms with van der Waals surface area (Å²) in [6, 6.07) is 7.20. The molecule has 4 nitrogen and oxygen atoms in total. The number of hydrogen-bond acceptors (Lipinski definition) is 4. The van der Waals surface area contributed by atoms with Crippen LogP contribution in [0.1, 0.15) is 5.56 Å². The summed E-state index contributed by atoms with van der Waals surface area (Å²) in [4.78, 5) is 11.5. The first kappa shape index (κ1) is 11.8. The third kappa shape index (κ3) is 3.65. The Labute approximate surface area is 107 Å². The highest BCUT2D eigenvalue weighted by molar-refractivity contribution is 7.13. The molecule has 0 bridgehead atoms. The van der Waals surface area contributed by atoms with E-state index in [4.69, 9.17) is 11.6 Å². The fourth-order valence-corrected chi connectivity index (χ4v) is 1.69. The lowest BCUT2D eigenvalue weighted by Crippen LogP contribution is -2.07. The summed E-state index contributed by atoms with van der Waals surface area (Å²) in [6.45, 7) is 0. The van der Waals surface area contributed by atoms with E-state index in [9.17, 15) is 4.79 Å². The lowest BCUT2D eigenvalue weighted by molar-refractivity contribution is -0.111. The van der Waals surface area contributed by atoms with Gasteiger partial charge in [0.25, 0.3) is 0 Å². The Hall–Kier alpha value is -1.72. The van der Waals surface area contributed by atoms with Crippen LogP contribution in [0.15, 0.2) is 35.9 Å². The van der Waals surface area contributed by atoms with Crippen LogP contribution in [0.3, 0.4) is 0 Å². The maximum Gasteiger partial charge on any atom is 0.250 e. The molecule has 1 N–H and O–H groups in total. The second-order valence-corrected chi connectivity index (χ2v) is 4.39. The third-order valence-corrected chi connectivity index (χ3v) is 2.75. The molecular formula is C11H8ClN3OS. The second-order valence-electron chi connectivity index (χ2n) is 3.12. The number of amides is 1. The van der Waals surface area contributed by atoms with E-state index in [0.717, 1.165) is 5.56 Å². The molecule has 0 spiro atoms. The predicted molar refractivity (Wildman–Crippen MR) is 69.0 cm³/mol. The predicted octanol–water partition coefficient (Wildman–Crippen LogP) is 2.84. The molecule has 1 heterocycles. The minimum absolute atomic E-state index is 0.239. The van der Waals surface area contributed by atoms with Gasteiger partial charge in [-0.2, -0.15) is 0 Å². The fraction of sp³-hybridized carbons (Fsp3) is 0. The van der Waals surface area contributed by atoms with E-state index in [-0.39, 0.29) is 5.91 Å². The first-order chi connectivity index (χ1) is 8.24. The van der Waals surface area contributed by atoms with E-state index in [1.165, 1.54) is 17.4 Å². The SMILES string of the molecule is O=C(/C=C\c1ccc(Cl)cc1)Nc1nncs1. The largest absolute Gasteiger partial charge is 0.297 e. The standard InChI is InChI=1S/C11H8ClN3OS/c12-9-4-1-8(2-5-9)3-6-10(16)14-11-15-13-7-17-11/h1-7H,(H,14,15,16)/b6-3-. The highest BCUT2D eigenvalue weighted by atomic mass is 35.5. The Bertz CT molecular complexity index is 522. The van der Waals surface area contributed by atoms with Crippen LogP contribution in [-0.2, 0) is 4.79 Å². The van der Waals surface area contributed by atoms with Crippen LogP contribution >= 0.6 is 22.9 Å². The molecule has 2 aromatic rings. The number of nitrogens with one attached hydrogen (secondary N) is 1. The Morgan fingerprint density at radius 1 is 1.35 bits per heavy atom. The number of anilines is 1. The molecule has 0 saturated carbocycles. The van der Waals surface area contributed by atoms with Crippen molar-refractivity contribution < 1.29 is 4.79 Å². The quantitative estimate of drug-likeness (QED) is 0.869. The molecule has 0 radical (unpaired) electrons. The summed E-state index contributed by atoms with van der Waals surface area (Å²) in [5, 5.41) is 11.1. The van der Waals surface area contributed by atoms with Crippen molar-refractivity contribution in [3.63, 3.8) is 0 Å². The minimum Gasteiger partial charge on any atom is -0.297 e. The lowest BCUT2D eigenvalue weighted by atomic mass is 10.2. The van der Waals surface area contributed by atoms with Crippen molar-refractivity contribution in [3.8, 4) is 0 Å². The lowest BCUT2D eigenvalue weighted by Gasteiger charge is -1.95. The number of benzene rings is 1. The number of carbonyl (C=O) groups excluding carboxylic acids is 1. The van der Waals surface area contributed by atoms with Crippen LogP contribution in [0.25, 0.3) is 6.08 Å². The van der Waals surface area contributed by atoms with Gasteiger partial charge in [-0.15, -0.1) is 10.2 Å². The molecule has 1 aromatic carbocycles. The van der Waals surface area contributed by atoms with Gasteiger partial charge in [0.2, 0.25) is 11.0 Å². The highest BCUT2D eigenvalue weighted by Gasteiger charge is 1.99. The number of halogens is 1. The van der Waals surface area contributed by atoms with E-state index in [2.05, 4.69) is 15.5 Å². The molecule has 17 heavy (non-hydrogen) atoms. The summed E-state index contributed by atoms with van der Waals surface area (Å²) in [5.74, 6) is -0.239. The van der Waals surface area contributed by atoms with Gasteiger partial charge in [-0.25, -0.2) is 0 Å². The Morgan fingerprint density at radius 3 is 2.76 bits per heavy atom. The average Bonchev–Trinajstić information content (AvgIpc) is 2.81. The van der Waals surface area contributed by atoms with Crippen molar-refractivity contribution in [2.45, 2.75) is 0 Å². The van der Waals surface area contributed by atoms with Gasteiger partial charge >= 0.3 is 0 Å². The summed E-state index contributed by atoms with van der Waals surface area (Å²) in [5.41, 5.74) is 2.46. The minimum atomic E-state index is -0.239. The number of rotatable bonds is 3. The van der Waals surface area contributed by atoms with Crippen molar-refractivity contribution in [1.82, 2.24) is 10.2 Å². The molecular weight excluding hydrogens is 258 g/mol. The van der Waals surface area contributed by atoms with Crippen LogP contribution in [0.4, 0.5) is 5.13 Å². The summed E-state index contributed by atoms with van der Waals surface area (Å²) in [7, 11) is 0. The van der Waals surface area contributed by atoms with Crippen LogP contribution in [0, 0.1) is 0 Å². The summed E-state index contributed by atoms with van der Waals surface area (Å²) < 4.78 is 0. The van der Waals surface area contributed by atoms with Gasteiger partial charge in [-0.1, -0.05) is 35.1 Å². The first-order valence-electron chi connectivity index (χ1n) is 4.75. The van der Waals surface area contributed by atoms with Crippen molar-refractivity contribution >= 4 is 40.1 Å². The smallest absolute Gasteiger partial charge is 0.250 e. The topological polar surface area (TPSA) is 54.9 Å². The molecule has 6 heteroatoms. The normalized spacial score (nSPS) is 10.6. The van der Waals surface area contributed by atoms with Gasteiger partial charge in [-0.3, -0.25) is 10.1 Å². The second kappa shape index (κ2) is 5.56. The molecule has 1 amide bonds. The van der Waals surface area contributed by atoms with E-state index in [0.29, 0.717) is 10.2 Å². The van der Waals surface area contributed by atoms with Crippen molar-refractivity contribution in [3.05, 3.63) is 46.4 Å². The van der Waals surface area contributed by atoms with Gasteiger partial charge in [0.05, 0.1) is 0 Å². The van der Waals surface area contributed by atoms with Crippen molar-refractivity contribution in [2.24, 2.45) is 0 Å². The highest BCUT2D eigenvalue weighted by Crippen LogP contribution is 2.11. The number of aromatic nitrogens is 2. The molecule has 86 valence electrons. The van der Waals surface area contributed by atoms with E-state index in [1.54, 1.807) is 23.7 Å².